The van der Waals surface area contributed by atoms with E-state index in [0.29, 0.717) is 6.04 Å². The van der Waals surface area contributed by atoms with E-state index in [2.05, 4.69) is 5.32 Å². The van der Waals surface area contributed by atoms with Crippen LogP contribution in [-0.4, -0.2) is 46.3 Å². The van der Waals surface area contributed by atoms with Gasteiger partial charge in [0.25, 0.3) is 0 Å². The van der Waals surface area contributed by atoms with Crippen LogP contribution >= 0.6 is 23.5 Å². The van der Waals surface area contributed by atoms with Crippen molar-refractivity contribution in [2.24, 2.45) is 0 Å². The molecule has 4 heteroatoms. The summed E-state index contributed by atoms with van der Waals surface area (Å²) in [5.74, 6) is 4.79. The summed E-state index contributed by atoms with van der Waals surface area (Å²) in [5.41, 5.74) is -0.409. The predicted octanol–water partition coefficient (Wildman–Crippen LogP) is 1.73. The monoisotopic (exact) mass is 247 g/mol. The highest BCUT2D eigenvalue weighted by Crippen LogP contribution is 2.27. The molecule has 0 spiro atoms. The van der Waals surface area contributed by atoms with E-state index in [9.17, 15) is 5.11 Å². The molecule has 1 atom stereocenters. The molecule has 2 nitrogen and oxygen atoms in total. The van der Waals surface area contributed by atoms with Crippen molar-refractivity contribution in [2.45, 2.75) is 37.3 Å². The van der Waals surface area contributed by atoms with Gasteiger partial charge in [-0.25, -0.2) is 0 Å². The lowest BCUT2D eigenvalue weighted by Crippen LogP contribution is -2.47. The number of hydrogen-bond acceptors (Lipinski definition) is 4. The summed E-state index contributed by atoms with van der Waals surface area (Å²) in [4.78, 5) is 0. The molecule has 1 unspecified atom stereocenters. The zero-order valence-electron chi connectivity index (χ0n) is 9.21. The normalized spacial score (nSPS) is 31.4. The van der Waals surface area contributed by atoms with Gasteiger partial charge in [-0.2, -0.15) is 23.5 Å². The molecule has 2 aliphatic heterocycles. The molecule has 2 fully saturated rings. The Kier molecular flexibility index (Phi) is 4.68. The van der Waals surface area contributed by atoms with Gasteiger partial charge in [-0.1, -0.05) is 0 Å². The minimum absolute atomic E-state index is 0.409. The highest BCUT2D eigenvalue weighted by atomic mass is 32.2. The maximum atomic E-state index is 10.3. The van der Waals surface area contributed by atoms with Crippen LogP contribution in [0.1, 0.15) is 25.7 Å². The largest absolute Gasteiger partial charge is 0.389 e. The Hall–Kier alpha value is 0.620. The Morgan fingerprint density at radius 1 is 1.20 bits per heavy atom. The predicted molar refractivity (Wildman–Crippen MR) is 69.9 cm³/mol. The molecule has 0 aromatic heterocycles. The number of aliphatic hydroxyl groups is 1. The highest BCUT2D eigenvalue weighted by molar-refractivity contribution is 7.99. The van der Waals surface area contributed by atoms with Gasteiger partial charge in [-0.15, -0.1) is 0 Å². The highest BCUT2D eigenvalue weighted by Gasteiger charge is 2.30. The van der Waals surface area contributed by atoms with E-state index < -0.39 is 5.60 Å². The molecule has 2 heterocycles. The van der Waals surface area contributed by atoms with Gasteiger partial charge < -0.3 is 10.4 Å². The number of rotatable bonds is 3. The summed E-state index contributed by atoms with van der Waals surface area (Å²) in [7, 11) is 0. The molecule has 0 aromatic carbocycles. The standard InChI is InChI=1S/C11H21NOS2/c13-11(3-6-14-7-4-11)9-12-10-2-1-5-15-8-10/h10,12-13H,1-9H2. The molecule has 15 heavy (non-hydrogen) atoms. The SMILES string of the molecule is OC1(CNC2CCCSC2)CCSCC1. The lowest BCUT2D eigenvalue weighted by Gasteiger charge is -2.34. The van der Waals surface area contributed by atoms with Crippen molar-refractivity contribution in [1.29, 1.82) is 0 Å². The Morgan fingerprint density at radius 3 is 2.67 bits per heavy atom. The molecule has 0 amide bonds. The smallest absolute Gasteiger partial charge is 0.0787 e. The first-order chi connectivity index (χ1) is 7.29. The van der Waals surface area contributed by atoms with Gasteiger partial charge in [0.15, 0.2) is 0 Å². The summed E-state index contributed by atoms with van der Waals surface area (Å²) in [5, 5.41) is 13.9. The van der Waals surface area contributed by atoms with Crippen molar-refractivity contribution in [2.75, 3.05) is 29.6 Å². The molecule has 2 aliphatic rings. The van der Waals surface area contributed by atoms with Crippen molar-refractivity contribution in [1.82, 2.24) is 5.32 Å². The topological polar surface area (TPSA) is 32.3 Å². The molecule has 2 rings (SSSR count). The molecular weight excluding hydrogens is 226 g/mol. The zero-order chi connectivity index (χ0) is 10.6. The first-order valence-electron chi connectivity index (χ1n) is 5.90. The van der Waals surface area contributed by atoms with Gasteiger partial charge in [0.05, 0.1) is 5.60 Å². The van der Waals surface area contributed by atoms with Gasteiger partial charge in [0.2, 0.25) is 0 Å². The molecule has 0 bridgehead atoms. The van der Waals surface area contributed by atoms with E-state index in [1.54, 1.807) is 0 Å². The van der Waals surface area contributed by atoms with Crippen LogP contribution in [-0.2, 0) is 0 Å². The third-order valence-electron chi connectivity index (χ3n) is 3.30. The van der Waals surface area contributed by atoms with Crippen LogP contribution in [0.15, 0.2) is 0 Å². The summed E-state index contributed by atoms with van der Waals surface area (Å²) in [6, 6.07) is 0.641. The van der Waals surface area contributed by atoms with E-state index in [4.69, 9.17) is 0 Å². The Morgan fingerprint density at radius 2 is 2.00 bits per heavy atom. The van der Waals surface area contributed by atoms with Crippen LogP contribution in [0.5, 0.6) is 0 Å². The summed E-state index contributed by atoms with van der Waals surface area (Å²) < 4.78 is 0. The molecule has 0 saturated carbocycles. The zero-order valence-corrected chi connectivity index (χ0v) is 10.8. The fraction of sp³-hybridized carbons (Fsp3) is 1.00. The van der Waals surface area contributed by atoms with Gasteiger partial charge in [-0.3, -0.25) is 0 Å². The molecular formula is C11H21NOS2. The average molecular weight is 247 g/mol. The Bertz CT molecular complexity index is 189. The molecule has 0 aliphatic carbocycles. The van der Waals surface area contributed by atoms with Crippen LogP contribution < -0.4 is 5.32 Å². The average Bonchev–Trinajstić information content (AvgIpc) is 2.29. The minimum atomic E-state index is -0.409. The van der Waals surface area contributed by atoms with E-state index in [-0.39, 0.29) is 0 Å². The summed E-state index contributed by atoms with van der Waals surface area (Å²) in [6.07, 6.45) is 4.55. The third-order valence-corrected chi connectivity index (χ3v) is 5.50. The van der Waals surface area contributed by atoms with Crippen LogP contribution in [0.2, 0.25) is 0 Å². The Labute approximate surface area is 101 Å². The quantitative estimate of drug-likeness (QED) is 0.795. The van der Waals surface area contributed by atoms with E-state index >= 15 is 0 Å². The van der Waals surface area contributed by atoms with E-state index in [0.717, 1.165) is 30.9 Å². The van der Waals surface area contributed by atoms with Crippen molar-refractivity contribution >= 4 is 23.5 Å². The van der Waals surface area contributed by atoms with Crippen LogP contribution in [0, 0.1) is 0 Å². The maximum absolute atomic E-state index is 10.3. The second kappa shape index (κ2) is 5.80. The van der Waals surface area contributed by atoms with Gasteiger partial charge in [0, 0.05) is 18.3 Å². The molecule has 0 aromatic rings. The lowest BCUT2D eigenvalue weighted by molar-refractivity contribution is 0.0299. The summed E-state index contributed by atoms with van der Waals surface area (Å²) in [6.45, 7) is 0.804. The van der Waals surface area contributed by atoms with Crippen LogP contribution in [0.25, 0.3) is 0 Å². The second-order valence-corrected chi connectivity index (χ2v) is 7.01. The van der Waals surface area contributed by atoms with E-state index in [1.807, 2.05) is 23.5 Å². The molecule has 88 valence electrons. The van der Waals surface area contributed by atoms with Crippen molar-refractivity contribution in [3.05, 3.63) is 0 Å². The maximum Gasteiger partial charge on any atom is 0.0787 e. The fourth-order valence-electron chi connectivity index (χ4n) is 2.16. The van der Waals surface area contributed by atoms with Crippen LogP contribution in [0.4, 0.5) is 0 Å². The van der Waals surface area contributed by atoms with Gasteiger partial charge in [0.1, 0.15) is 0 Å². The van der Waals surface area contributed by atoms with Crippen molar-refractivity contribution < 1.29 is 5.11 Å². The van der Waals surface area contributed by atoms with Crippen molar-refractivity contribution in [3.63, 3.8) is 0 Å². The fourth-order valence-corrected chi connectivity index (χ4v) is 4.52. The van der Waals surface area contributed by atoms with E-state index in [1.165, 1.54) is 24.3 Å². The number of nitrogens with one attached hydrogen (secondary N) is 1. The third kappa shape index (κ3) is 3.84. The van der Waals surface area contributed by atoms with Gasteiger partial charge in [-0.05, 0) is 42.9 Å². The minimum Gasteiger partial charge on any atom is -0.389 e. The summed E-state index contributed by atoms with van der Waals surface area (Å²) >= 11 is 4.01. The number of hydrogen-bond donors (Lipinski definition) is 2. The molecule has 2 saturated heterocycles. The van der Waals surface area contributed by atoms with Gasteiger partial charge >= 0.3 is 0 Å². The number of thioether (sulfide) groups is 2. The molecule has 0 radical (unpaired) electrons. The lowest BCUT2D eigenvalue weighted by atomic mass is 9.96. The van der Waals surface area contributed by atoms with Crippen LogP contribution in [0.3, 0.4) is 0 Å². The first-order valence-corrected chi connectivity index (χ1v) is 8.21. The first kappa shape index (κ1) is 12.1. The molecule has 2 N–H and O–H groups in total. The Balaban J connectivity index is 1.70. The second-order valence-electron chi connectivity index (χ2n) is 4.63. The van der Waals surface area contributed by atoms with Crippen molar-refractivity contribution in [3.8, 4) is 0 Å².